The quantitative estimate of drug-likeness (QED) is 0.508. The van der Waals surface area contributed by atoms with Crippen LogP contribution >= 0.6 is 0 Å². The number of ether oxygens (including phenoxy) is 3. The number of sulfonamides is 1. The van der Waals surface area contributed by atoms with Gasteiger partial charge in [0.05, 0.1) is 24.3 Å². The molecule has 2 aromatic carbocycles. The third kappa shape index (κ3) is 5.59. The first kappa shape index (κ1) is 27.0. The van der Waals surface area contributed by atoms with E-state index in [1.165, 1.54) is 25.3 Å². The zero-order chi connectivity index (χ0) is 28.1. The molecule has 0 radical (unpaired) electrons. The molecule has 2 aromatic rings. The van der Waals surface area contributed by atoms with Gasteiger partial charge in [-0.2, -0.15) is 0 Å². The van der Waals surface area contributed by atoms with Gasteiger partial charge in [-0.15, -0.1) is 0 Å². The Bertz CT molecular complexity index is 1460. The van der Waals surface area contributed by atoms with Crippen LogP contribution < -0.4 is 9.46 Å². The summed E-state index contributed by atoms with van der Waals surface area (Å²) in [6, 6.07) is 6.66. The molecule has 11 heteroatoms. The Labute approximate surface area is 227 Å². The number of nitrogens with zero attached hydrogens (tertiary/aromatic N) is 1. The minimum Gasteiger partial charge on any atom is -0.492 e. The van der Waals surface area contributed by atoms with Crippen molar-refractivity contribution in [3.63, 3.8) is 0 Å². The predicted octanol–water partition coefficient (Wildman–Crippen LogP) is 4.79. The third-order valence-electron chi connectivity index (χ3n) is 6.96. The molecule has 0 spiro atoms. The maximum atomic E-state index is 14.2. The molecule has 2 heterocycles. The average Bonchev–Trinajstić information content (AvgIpc) is 3.61. The molecule has 1 amide bonds. The largest absolute Gasteiger partial charge is 0.492 e. The van der Waals surface area contributed by atoms with E-state index in [0.717, 1.165) is 24.1 Å². The van der Waals surface area contributed by atoms with Crippen LogP contribution in [0.3, 0.4) is 0 Å². The predicted molar refractivity (Wildman–Crippen MR) is 142 cm³/mol. The van der Waals surface area contributed by atoms with E-state index >= 15 is 0 Å². The molecule has 2 aliphatic heterocycles. The Kier molecular flexibility index (Phi) is 6.82. The Hall–Kier alpha value is -3.60. The lowest BCUT2D eigenvalue weighted by Crippen LogP contribution is -2.50. The number of amides is 1. The highest BCUT2D eigenvalue weighted by atomic mass is 32.2. The van der Waals surface area contributed by atoms with Crippen molar-refractivity contribution in [3.05, 3.63) is 58.9 Å². The van der Waals surface area contributed by atoms with Crippen molar-refractivity contribution in [2.24, 2.45) is 11.8 Å². The summed E-state index contributed by atoms with van der Waals surface area (Å²) in [7, 11) is -3.03. The first-order chi connectivity index (χ1) is 18.4. The van der Waals surface area contributed by atoms with Crippen molar-refractivity contribution in [2.45, 2.75) is 43.6 Å². The van der Waals surface area contributed by atoms with E-state index in [1.54, 1.807) is 37.8 Å². The molecular weight excluding hydrogens is 527 g/mol. The second-order valence-electron chi connectivity index (χ2n) is 11.1. The monoisotopic (exact) mass is 558 g/mol. The maximum Gasteiger partial charge on any atom is 0.410 e. The van der Waals surface area contributed by atoms with Crippen molar-refractivity contribution in [1.29, 1.82) is 0 Å². The maximum absolute atomic E-state index is 14.2. The van der Waals surface area contributed by atoms with Gasteiger partial charge < -0.3 is 19.1 Å². The Balaban J connectivity index is 1.38. The van der Waals surface area contributed by atoms with E-state index in [4.69, 9.17) is 14.2 Å². The number of benzene rings is 2. The molecule has 1 N–H and O–H groups in total. The summed E-state index contributed by atoms with van der Waals surface area (Å²) in [4.78, 5) is 26.2. The number of nitrogens with one attached hydrogen (secondary N) is 1. The van der Waals surface area contributed by atoms with Crippen molar-refractivity contribution in [3.8, 4) is 5.75 Å². The summed E-state index contributed by atoms with van der Waals surface area (Å²) < 4.78 is 59.8. The highest BCUT2D eigenvalue weighted by Gasteiger charge is 2.45. The smallest absolute Gasteiger partial charge is 0.410 e. The number of anilines is 1. The number of hydrogen-bond acceptors (Lipinski definition) is 7. The van der Waals surface area contributed by atoms with Gasteiger partial charge in [-0.3, -0.25) is 4.72 Å². The molecule has 1 aliphatic carbocycles. The van der Waals surface area contributed by atoms with E-state index in [0.29, 0.717) is 31.4 Å². The van der Waals surface area contributed by atoms with Gasteiger partial charge in [-0.1, -0.05) is 18.2 Å². The number of halogens is 1. The summed E-state index contributed by atoms with van der Waals surface area (Å²) in [6.45, 7) is 6.62. The van der Waals surface area contributed by atoms with E-state index < -0.39 is 33.5 Å². The Morgan fingerprint density at radius 2 is 1.92 bits per heavy atom. The molecule has 9 nitrogen and oxygen atoms in total. The van der Waals surface area contributed by atoms with Gasteiger partial charge in [0.2, 0.25) is 0 Å². The lowest BCUT2D eigenvalue weighted by atomic mass is 9.99. The lowest BCUT2D eigenvalue weighted by molar-refractivity contribution is 0.00498. The molecule has 2 fully saturated rings. The molecule has 1 saturated heterocycles. The number of rotatable bonds is 6. The second-order valence-corrected chi connectivity index (χ2v) is 12.8. The fourth-order valence-corrected chi connectivity index (χ4v) is 6.14. The topological polar surface area (TPSA) is 111 Å². The summed E-state index contributed by atoms with van der Waals surface area (Å²) in [6.07, 6.45) is 3.81. The van der Waals surface area contributed by atoms with Crippen LogP contribution in [0.15, 0.2) is 41.3 Å². The third-order valence-corrected chi connectivity index (χ3v) is 8.40. The highest BCUT2D eigenvalue weighted by molar-refractivity contribution is 7.92. The number of esters is 1. The van der Waals surface area contributed by atoms with Crippen LogP contribution in [0.4, 0.5) is 14.9 Å². The Morgan fingerprint density at radius 3 is 2.62 bits per heavy atom. The number of carbonyl (C=O) groups excluding carboxylic acids is 2. The van der Waals surface area contributed by atoms with Crippen LogP contribution in [0.25, 0.3) is 6.08 Å². The number of likely N-dealkylation sites (tertiary alicyclic amines) is 1. The summed E-state index contributed by atoms with van der Waals surface area (Å²) in [5.41, 5.74) is 0.424. The molecule has 2 unspecified atom stereocenters. The summed E-state index contributed by atoms with van der Waals surface area (Å²) >= 11 is 0. The molecule has 5 rings (SSSR count). The van der Waals surface area contributed by atoms with E-state index in [9.17, 15) is 22.4 Å². The second kappa shape index (κ2) is 9.86. The van der Waals surface area contributed by atoms with Gasteiger partial charge in [-0.25, -0.2) is 22.4 Å². The van der Waals surface area contributed by atoms with Gasteiger partial charge in [-0.05, 0) is 68.5 Å². The first-order valence-corrected chi connectivity index (χ1v) is 14.2. The zero-order valence-corrected chi connectivity index (χ0v) is 23.0. The average molecular weight is 559 g/mol. The van der Waals surface area contributed by atoms with Gasteiger partial charge in [0.25, 0.3) is 10.0 Å². The lowest BCUT2D eigenvalue weighted by Gasteiger charge is -2.38. The molecule has 0 aromatic heterocycles. The minimum absolute atomic E-state index is 0.0137. The molecule has 1 saturated carbocycles. The number of fused-ring (bicyclic) bond motifs is 3. The summed E-state index contributed by atoms with van der Waals surface area (Å²) in [5.74, 6) is -0.337. The van der Waals surface area contributed by atoms with Crippen LogP contribution in [-0.4, -0.2) is 57.8 Å². The highest BCUT2D eigenvalue weighted by Crippen LogP contribution is 2.55. The van der Waals surface area contributed by atoms with Crippen LogP contribution in [0.5, 0.6) is 5.75 Å². The van der Waals surface area contributed by atoms with E-state index in [2.05, 4.69) is 4.72 Å². The van der Waals surface area contributed by atoms with Crippen molar-refractivity contribution in [2.75, 3.05) is 31.5 Å². The van der Waals surface area contributed by atoms with E-state index in [1.807, 2.05) is 0 Å². The normalized spacial score (nSPS) is 20.4. The van der Waals surface area contributed by atoms with Gasteiger partial charge in [0.15, 0.2) is 0 Å². The van der Waals surface area contributed by atoms with Gasteiger partial charge in [0, 0.05) is 24.9 Å². The van der Waals surface area contributed by atoms with E-state index in [-0.39, 0.29) is 33.5 Å². The van der Waals surface area contributed by atoms with Gasteiger partial charge in [0.1, 0.15) is 22.7 Å². The van der Waals surface area contributed by atoms with Crippen molar-refractivity contribution in [1.82, 2.24) is 4.90 Å². The first-order valence-electron chi connectivity index (χ1n) is 12.7. The van der Waals surface area contributed by atoms with Crippen LogP contribution in [-0.2, 0) is 19.5 Å². The number of methoxy groups -OCH3 is 1. The Morgan fingerprint density at radius 1 is 1.18 bits per heavy atom. The molecule has 2 atom stereocenters. The molecule has 39 heavy (non-hydrogen) atoms. The van der Waals surface area contributed by atoms with Crippen molar-refractivity contribution < 1.29 is 36.6 Å². The SMILES string of the molecule is COC(=O)c1c(NS(=O)(=O)c2ccc(F)cc2C=CC2CN(C(=O)OC(C)(C)C)C2)ccc2c1OCC1CC21. The fraction of sp³-hybridized carbons (Fsp3) is 0.429. The fourth-order valence-electron chi connectivity index (χ4n) is 4.88. The van der Waals surface area contributed by atoms with Crippen LogP contribution in [0, 0.1) is 17.7 Å². The van der Waals surface area contributed by atoms with Gasteiger partial charge >= 0.3 is 12.1 Å². The summed E-state index contributed by atoms with van der Waals surface area (Å²) in [5, 5.41) is 0. The van der Waals surface area contributed by atoms with Crippen molar-refractivity contribution >= 4 is 33.8 Å². The molecular formula is C28H31FN2O7S. The molecule has 208 valence electrons. The standard InChI is InChI=1S/C28H31FN2O7S/c1-28(2,3)38-27(33)31-13-16(14-31)5-6-17-11-19(29)7-10-23(17)39(34,35)30-22-9-8-20-21-12-18(21)15-37-25(20)24(22)26(32)36-4/h5-11,16,18,21,30H,12-15H2,1-4H3. The van der Waals surface area contributed by atoms with Crippen LogP contribution in [0.2, 0.25) is 0 Å². The number of hydrogen-bond donors (Lipinski definition) is 1. The molecule has 3 aliphatic rings. The number of carbonyl (C=O) groups is 2. The zero-order valence-electron chi connectivity index (χ0n) is 22.2. The minimum atomic E-state index is -4.25. The van der Waals surface area contributed by atoms with Crippen LogP contribution in [0.1, 0.15) is 54.6 Å². The molecule has 0 bridgehead atoms.